The standard InChI is InChI=1S/C10H7ClN2OS/c11-7-4-2-1-3-6(7)8-5-13-10(15-8)9(12)14/h1-5H,(H2,12,14). The molecule has 2 N–H and O–H groups in total. The number of hydrogen-bond donors (Lipinski definition) is 1. The molecule has 0 fully saturated rings. The summed E-state index contributed by atoms with van der Waals surface area (Å²) in [4.78, 5) is 15.6. The molecule has 76 valence electrons. The van der Waals surface area contributed by atoms with Gasteiger partial charge >= 0.3 is 0 Å². The summed E-state index contributed by atoms with van der Waals surface area (Å²) < 4.78 is 0. The van der Waals surface area contributed by atoms with E-state index in [1.54, 1.807) is 12.3 Å². The maximum Gasteiger partial charge on any atom is 0.277 e. The number of nitrogens with zero attached hydrogens (tertiary/aromatic N) is 1. The average Bonchev–Trinajstić information content (AvgIpc) is 2.67. The minimum absolute atomic E-state index is 0.296. The average molecular weight is 239 g/mol. The molecule has 0 saturated carbocycles. The van der Waals surface area contributed by atoms with Gasteiger partial charge in [-0.05, 0) is 6.07 Å². The molecule has 2 rings (SSSR count). The predicted octanol–water partition coefficient (Wildman–Crippen LogP) is 2.56. The number of carbonyl (C=O) groups is 1. The summed E-state index contributed by atoms with van der Waals surface area (Å²) in [7, 11) is 0. The molecular formula is C10H7ClN2OS. The van der Waals surface area contributed by atoms with Crippen molar-refractivity contribution in [2.45, 2.75) is 0 Å². The third-order valence-corrected chi connectivity index (χ3v) is 3.23. The second-order valence-electron chi connectivity index (χ2n) is 2.87. The fourth-order valence-electron chi connectivity index (χ4n) is 1.17. The van der Waals surface area contributed by atoms with Crippen molar-refractivity contribution in [3.05, 3.63) is 40.5 Å². The molecule has 1 aromatic heterocycles. The molecule has 0 radical (unpaired) electrons. The lowest BCUT2D eigenvalue weighted by Crippen LogP contribution is -2.09. The third kappa shape index (κ3) is 2.00. The van der Waals surface area contributed by atoms with E-state index in [1.807, 2.05) is 18.2 Å². The zero-order chi connectivity index (χ0) is 10.8. The smallest absolute Gasteiger partial charge is 0.277 e. The molecule has 0 unspecified atom stereocenters. The maximum absolute atomic E-state index is 10.9. The van der Waals surface area contributed by atoms with E-state index in [0.717, 1.165) is 10.4 Å². The molecule has 0 spiro atoms. The van der Waals surface area contributed by atoms with E-state index < -0.39 is 5.91 Å². The van der Waals surface area contributed by atoms with E-state index in [-0.39, 0.29) is 0 Å². The number of aromatic nitrogens is 1. The van der Waals surface area contributed by atoms with Crippen LogP contribution in [0.5, 0.6) is 0 Å². The molecule has 0 atom stereocenters. The van der Waals surface area contributed by atoms with Gasteiger partial charge in [-0.15, -0.1) is 11.3 Å². The maximum atomic E-state index is 10.9. The zero-order valence-electron chi connectivity index (χ0n) is 7.61. The van der Waals surface area contributed by atoms with Crippen LogP contribution < -0.4 is 5.73 Å². The number of primary amides is 1. The van der Waals surface area contributed by atoms with E-state index in [1.165, 1.54) is 11.3 Å². The fraction of sp³-hybridized carbons (Fsp3) is 0. The number of amides is 1. The Labute approximate surface area is 95.5 Å². The minimum Gasteiger partial charge on any atom is -0.364 e. The number of halogens is 1. The first-order valence-electron chi connectivity index (χ1n) is 4.19. The molecule has 1 heterocycles. The molecule has 0 saturated heterocycles. The van der Waals surface area contributed by atoms with Crippen molar-refractivity contribution in [3.8, 4) is 10.4 Å². The van der Waals surface area contributed by atoms with Crippen LogP contribution in [0, 0.1) is 0 Å². The van der Waals surface area contributed by atoms with Crippen molar-refractivity contribution in [1.82, 2.24) is 4.98 Å². The van der Waals surface area contributed by atoms with Crippen LogP contribution >= 0.6 is 22.9 Å². The largest absolute Gasteiger partial charge is 0.364 e. The summed E-state index contributed by atoms with van der Waals surface area (Å²) in [5.41, 5.74) is 5.98. The van der Waals surface area contributed by atoms with Crippen molar-refractivity contribution in [1.29, 1.82) is 0 Å². The van der Waals surface area contributed by atoms with E-state index in [9.17, 15) is 4.79 Å². The van der Waals surface area contributed by atoms with Crippen LogP contribution in [0.4, 0.5) is 0 Å². The van der Waals surface area contributed by atoms with Crippen LogP contribution in [-0.4, -0.2) is 10.9 Å². The molecule has 1 aromatic carbocycles. The summed E-state index contributed by atoms with van der Waals surface area (Å²) in [6.45, 7) is 0. The lowest BCUT2D eigenvalue weighted by Gasteiger charge is -1.98. The van der Waals surface area contributed by atoms with Crippen LogP contribution in [0.1, 0.15) is 9.80 Å². The first kappa shape index (κ1) is 10.1. The number of thiazole rings is 1. The third-order valence-electron chi connectivity index (χ3n) is 1.86. The van der Waals surface area contributed by atoms with Crippen LogP contribution in [-0.2, 0) is 0 Å². The van der Waals surface area contributed by atoms with E-state index in [0.29, 0.717) is 10.0 Å². The number of rotatable bonds is 2. The normalized spacial score (nSPS) is 10.2. The molecule has 5 heteroatoms. The van der Waals surface area contributed by atoms with Crippen molar-refractivity contribution < 1.29 is 4.79 Å². The van der Waals surface area contributed by atoms with Crippen molar-refractivity contribution in [3.63, 3.8) is 0 Å². The Morgan fingerprint density at radius 1 is 1.40 bits per heavy atom. The molecule has 3 nitrogen and oxygen atoms in total. The number of hydrogen-bond acceptors (Lipinski definition) is 3. The Kier molecular flexibility index (Phi) is 2.70. The molecule has 1 amide bonds. The molecule has 0 aliphatic heterocycles. The van der Waals surface area contributed by atoms with Gasteiger partial charge in [-0.1, -0.05) is 29.8 Å². The van der Waals surface area contributed by atoms with Gasteiger partial charge in [0.25, 0.3) is 5.91 Å². The minimum atomic E-state index is -0.515. The van der Waals surface area contributed by atoms with Gasteiger partial charge in [0.05, 0.1) is 4.88 Å². The van der Waals surface area contributed by atoms with Gasteiger partial charge in [-0.2, -0.15) is 0 Å². The molecular weight excluding hydrogens is 232 g/mol. The first-order valence-corrected chi connectivity index (χ1v) is 5.38. The predicted molar refractivity (Wildman–Crippen MR) is 61.1 cm³/mol. The lowest BCUT2D eigenvalue weighted by molar-refractivity contribution is 0.1000. The van der Waals surface area contributed by atoms with Gasteiger partial charge in [0.2, 0.25) is 0 Å². The molecule has 0 aliphatic carbocycles. The Morgan fingerprint density at radius 2 is 2.13 bits per heavy atom. The summed E-state index contributed by atoms with van der Waals surface area (Å²) >= 11 is 7.25. The molecule has 2 aromatic rings. The number of benzene rings is 1. The highest BCUT2D eigenvalue weighted by Gasteiger charge is 2.10. The van der Waals surface area contributed by atoms with Crippen LogP contribution in [0.15, 0.2) is 30.5 Å². The topological polar surface area (TPSA) is 56.0 Å². The summed E-state index contributed by atoms with van der Waals surface area (Å²) in [6.07, 6.45) is 1.60. The van der Waals surface area contributed by atoms with Gasteiger partial charge < -0.3 is 5.73 Å². The summed E-state index contributed by atoms with van der Waals surface area (Å²) in [6, 6.07) is 7.40. The van der Waals surface area contributed by atoms with Crippen LogP contribution in [0.2, 0.25) is 5.02 Å². The Balaban J connectivity index is 2.46. The Morgan fingerprint density at radius 3 is 2.73 bits per heavy atom. The monoisotopic (exact) mass is 238 g/mol. The van der Waals surface area contributed by atoms with Gasteiger partial charge in [-0.25, -0.2) is 4.98 Å². The van der Waals surface area contributed by atoms with Gasteiger partial charge in [0, 0.05) is 16.8 Å². The van der Waals surface area contributed by atoms with Crippen molar-refractivity contribution in [2.75, 3.05) is 0 Å². The van der Waals surface area contributed by atoms with E-state index in [2.05, 4.69) is 4.98 Å². The number of carbonyl (C=O) groups excluding carboxylic acids is 1. The number of nitrogens with two attached hydrogens (primary N) is 1. The summed E-state index contributed by atoms with van der Waals surface area (Å²) in [5.74, 6) is -0.515. The van der Waals surface area contributed by atoms with Crippen molar-refractivity contribution >= 4 is 28.8 Å². The first-order chi connectivity index (χ1) is 7.18. The SMILES string of the molecule is NC(=O)c1ncc(-c2ccccc2Cl)s1. The quantitative estimate of drug-likeness (QED) is 0.874. The second-order valence-corrected chi connectivity index (χ2v) is 4.31. The highest BCUT2D eigenvalue weighted by Crippen LogP contribution is 2.31. The lowest BCUT2D eigenvalue weighted by atomic mass is 10.2. The highest BCUT2D eigenvalue weighted by molar-refractivity contribution is 7.17. The van der Waals surface area contributed by atoms with E-state index in [4.69, 9.17) is 17.3 Å². The Hall–Kier alpha value is -1.39. The summed E-state index contributed by atoms with van der Waals surface area (Å²) in [5, 5.41) is 0.932. The molecule has 0 aliphatic rings. The van der Waals surface area contributed by atoms with Crippen LogP contribution in [0.3, 0.4) is 0 Å². The van der Waals surface area contributed by atoms with E-state index >= 15 is 0 Å². The van der Waals surface area contributed by atoms with Gasteiger partial charge in [-0.3, -0.25) is 4.79 Å². The zero-order valence-corrected chi connectivity index (χ0v) is 9.18. The van der Waals surface area contributed by atoms with Crippen LogP contribution in [0.25, 0.3) is 10.4 Å². The van der Waals surface area contributed by atoms with Gasteiger partial charge in [0.15, 0.2) is 5.01 Å². The highest BCUT2D eigenvalue weighted by atomic mass is 35.5. The fourth-order valence-corrected chi connectivity index (χ4v) is 2.27. The van der Waals surface area contributed by atoms with Gasteiger partial charge in [0.1, 0.15) is 0 Å². The molecule has 0 bridgehead atoms. The van der Waals surface area contributed by atoms with Crippen molar-refractivity contribution in [2.24, 2.45) is 5.73 Å². The Bertz CT molecular complexity index is 510. The second kappa shape index (κ2) is 4.00. The molecule has 15 heavy (non-hydrogen) atoms.